The SMILES string of the molecule is [N-]=[N+]=Nc1ccc(C(=O)N2CCO[C@H](c3ccccc3)C2)cn1. The largest absolute Gasteiger partial charge is 0.370 e. The number of azide groups is 1. The first-order valence-electron chi connectivity index (χ1n) is 7.25. The van der Waals surface area contributed by atoms with Crippen molar-refractivity contribution in [3.8, 4) is 0 Å². The van der Waals surface area contributed by atoms with Gasteiger partial charge in [0.15, 0.2) is 0 Å². The molecule has 7 nitrogen and oxygen atoms in total. The van der Waals surface area contributed by atoms with Gasteiger partial charge in [0.25, 0.3) is 5.91 Å². The molecule has 0 spiro atoms. The normalized spacial score (nSPS) is 17.4. The van der Waals surface area contributed by atoms with Crippen LogP contribution in [0.4, 0.5) is 5.82 Å². The predicted molar refractivity (Wildman–Crippen MR) is 84.1 cm³/mol. The first-order valence-corrected chi connectivity index (χ1v) is 7.25. The third-order valence-corrected chi connectivity index (χ3v) is 3.67. The second kappa shape index (κ2) is 6.91. The fourth-order valence-electron chi connectivity index (χ4n) is 2.50. The molecule has 1 aromatic carbocycles. The summed E-state index contributed by atoms with van der Waals surface area (Å²) in [4.78, 5) is 21.0. The molecule has 0 saturated carbocycles. The average Bonchev–Trinajstić information content (AvgIpc) is 2.63. The molecule has 1 atom stereocenters. The molecular formula is C16H15N5O2. The van der Waals surface area contributed by atoms with E-state index in [4.69, 9.17) is 10.3 Å². The first kappa shape index (κ1) is 15.0. The molecule has 23 heavy (non-hydrogen) atoms. The van der Waals surface area contributed by atoms with Crippen LogP contribution in [-0.2, 0) is 4.74 Å². The van der Waals surface area contributed by atoms with Gasteiger partial charge in [-0.1, -0.05) is 30.3 Å². The van der Waals surface area contributed by atoms with E-state index in [0.29, 0.717) is 25.3 Å². The van der Waals surface area contributed by atoms with Gasteiger partial charge in [-0.25, -0.2) is 0 Å². The molecule has 0 aliphatic carbocycles. The van der Waals surface area contributed by atoms with Gasteiger partial charge in [0, 0.05) is 17.7 Å². The van der Waals surface area contributed by atoms with Crippen LogP contribution in [0.1, 0.15) is 22.0 Å². The molecule has 7 heteroatoms. The molecule has 1 aromatic heterocycles. The Labute approximate surface area is 133 Å². The van der Waals surface area contributed by atoms with Gasteiger partial charge in [0.2, 0.25) is 0 Å². The van der Waals surface area contributed by atoms with E-state index in [0.717, 1.165) is 5.56 Å². The van der Waals surface area contributed by atoms with Crippen molar-refractivity contribution in [1.29, 1.82) is 0 Å². The Morgan fingerprint density at radius 3 is 2.83 bits per heavy atom. The highest BCUT2D eigenvalue weighted by Crippen LogP contribution is 2.23. The van der Waals surface area contributed by atoms with E-state index < -0.39 is 0 Å². The fourth-order valence-corrected chi connectivity index (χ4v) is 2.50. The van der Waals surface area contributed by atoms with E-state index in [1.165, 1.54) is 12.3 Å². The molecule has 1 fully saturated rings. The Kier molecular flexibility index (Phi) is 4.52. The zero-order chi connectivity index (χ0) is 16.1. The Morgan fingerprint density at radius 1 is 1.30 bits per heavy atom. The van der Waals surface area contributed by atoms with E-state index in [1.54, 1.807) is 11.0 Å². The number of benzene rings is 1. The number of rotatable bonds is 3. The Hall–Kier alpha value is -2.89. The molecule has 1 amide bonds. The van der Waals surface area contributed by atoms with E-state index in [9.17, 15) is 4.79 Å². The van der Waals surface area contributed by atoms with Gasteiger partial charge in [-0.3, -0.25) is 9.78 Å². The summed E-state index contributed by atoms with van der Waals surface area (Å²) in [6.07, 6.45) is 1.31. The van der Waals surface area contributed by atoms with Crippen molar-refractivity contribution in [1.82, 2.24) is 9.88 Å². The average molecular weight is 309 g/mol. The van der Waals surface area contributed by atoms with Gasteiger partial charge in [0.05, 0.1) is 18.7 Å². The number of nitrogens with zero attached hydrogens (tertiary/aromatic N) is 5. The van der Waals surface area contributed by atoms with Gasteiger partial charge in [-0.2, -0.15) is 0 Å². The summed E-state index contributed by atoms with van der Waals surface area (Å²) >= 11 is 0. The predicted octanol–water partition coefficient (Wildman–Crippen LogP) is 3.24. The number of hydrogen-bond acceptors (Lipinski definition) is 4. The molecule has 2 heterocycles. The Morgan fingerprint density at radius 2 is 2.13 bits per heavy atom. The number of pyridine rings is 1. The minimum atomic E-state index is -0.121. The molecule has 0 unspecified atom stereocenters. The monoisotopic (exact) mass is 309 g/mol. The topological polar surface area (TPSA) is 91.2 Å². The molecular weight excluding hydrogens is 294 g/mol. The summed E-state index contributed by atoms with van der Waals surface area (Å²) in [5.41, 5.74) is 9.89. The van der Waals surface area contributed by atoms with Crippen molar-refractivity contribution >= 4 is 11.7 Å². The lowest BCUT2D eigenvalue weighted by Crippen LogP contribution is -2.42. The number of hydrogen-bond donors (Lipinski definition) is 0. The van der Waals surface area contributed by atoms with Crippen LogP contribution in [0.25, 0.3) is 10.4 Å². The molecule has 2 aromatic rings. The Bertz CT molecular complexity index is 726. The van der Waals surface area contributed by atoms with Gasteiger partial charge in [-0.15, -0.1) is 0 Å². The molecule has 1 aliphatic rings. The highest BCUT2D eigenvalue weighted by molar-refractivity contribution is 5.94. The zero-order valence-corrected chi connectivity index (χ0v) is 12.4. The summed E-state index contributed by atoms with van der Waals surface area (Å²) in [6, 6.07) is 13.0. The summed E-state index contributed by atoms with van der Waals surface area (Å²) in [5.74, 6) is 0.141. The fraction of sp³-hybridized carbons (Fsp3) is 0.250. The highest BCUT2D eigenvalue weighted by atomic mass is 16.5. The lowest BCUT2D eigenvalue weighted by Gasteiger charge is -2.33. The standard InChI is InChI=1S/C16H15N5O2/c17-20-19-15-7-6-13(10-18-15)16(22)21-8-9-23-14(11-21)12-4-2-1-3-5-12/h1-7,10,14H,8-9,11H2/t14-/m0/s1. The second-order valence-electron chi connectivity index (χ2n) is 5.12. The van der Waals surface area contributed by atoms with Crippen molar-refractivity contribution in [3.63, 3.8) is 0 Å². The minimum Gasteiger partial charge on any atom is -0.370 e. The number of carbonyl (C=O) groups is 1. The smallest absolute Gasteiger partial charge is 0.255 e. The van der Waals surface area contributed by atoms with Crippen molar-refractivity contribution in [2.45, 2.75) is 6.10 Å². The molecule has 1 aliphatic heterocycles. The van der Waals surface area contributed by atoms with Gasteiger partial charge in [0.1, 0.15) is 11.9 Å². The first-order chi connectivity index (χ1) is 11.3. The molecule has 0 radical (unpaired) electrons. The molecule has 3 rings (SSSR count). The van der Waals surface area contributed by atoms with Crippen molar-refractivity contribution in [2.24, 2.45) is 5.11 Å². The lowest BCUT2D eigenvalue weighted by molar-refractivity contribution is -0.0228. The van der Waals surface area contributed by atoms with Crippen LogP contribution in [0.15, 0.2) is 53.8 Å². The summed E-state index contributed by atoms with van der Waals surface area (Å²) < 4.78 is 5.77. The van der Waals surface area contributed by atoms with Crippen LogP contribution in [0.3, 0.4) is 0 Å². The molecule has 116 valence electrons. The molecule has 1 saturated heterocycles. The van der Waals surface area contributed by atoms with Gasteiger partial charge in [-0.05, 0) is 28.3 Å². The van der Waals surface area contributed by atoms with Crippen LogP contribution < -0.4 is 0 Å². The van der Waals surface area contributed by atoms with Gasteiger partial charge >= 0.3 is 0 Å². The van der Waals surface area contributed by atoms with Crippen LogP contribution in [0, 0.1) is 0 Å². The van der Waals surface area contributed by atoms with Crippen LogP contribution in [0.5, 0.6) is 0 Å². The lowest BCUT2D eigenvalue weighted by atomic mass is 10.1. The van der Waals surface area contributed by atoms with Crippen molar-refractivity contribution in [2.75, 3.05) is 19.7 Å². The summed E-state index contributed by atoms with van der Waals surface area (Å²) in [6.45, 7) is 1.54. The van der Waals surface area contributed by atoms with Crippen LogP contribution in [-0.4, -0.2) is 35.5 Å². The Balaban J connectivity index is 1.73. The molecule has 0 N–H and O–H groups in total. The van der Waals surface area contributed by atoms with Crippen molar-refractivity contribution < 1.29 is 9.53 Å². The third-order valence-electron chi connectivity index (χ3n) is 3.67. The molecule has 0 bridgehead atoms. The minimum absolute atomic E-state index is 0.103. The second-order valence-corrected chi connectivity index (χ2v) is 5.12. The van der Waals surface area contributed by atoms with Gasteiger partial charge < -0.3 is 9.64 Å². The van der Waals surface area contributed by atoms with Crippen LogP contribution >= 0.6 is 0 Å². The summed E-state index contributed by atoms with van der Waals surface area (Å²) in [5, 5.41) is 3.40. The van der Waals surface area contributed by atoms with Crippen LogP contribution in [0.2, 0.25) is 0 Å². The van der Waals surface area contributed by atoms with Crippen molar-refractivity contribution in [3.05, 3.63) is 70.2 Å². The highest BCUT2D eigenvalue weighted by Gasteiger charge is 2.26. The zero-order valence-electron chi connectivity index (χ0n) is 12.4. The quantitative estimate of drug-likeness (QED) is 0.495. The van der Waals surface area contributed by atoms with E-state index in [-0.39, 0.29) is 17.8 Å². The number of aromatic nitrogens is 1. The van der Waals surface area contributed by atoms with E-state index in [1.807, 2.05) is 30.3 Å². The number of carbonyl (C=O) groups excluding carboxylic acids is 1. The van der Waals surface area contributed by atoms with E-state index >= 15 is 0 Å². The maximum absolute atomic E-state index is 12.6. The number of ether oxygens (including phenoxy) is 1. The summed E-state index contributed by atoms with van der Waals surface area (Å²) in [7, 11) is 0. The van der Waals surface area contributed by atoms with E-state index in [2.05, 4.69) is 15.0 Å². The third kappa shape index (κ3) is 3.48. The maximum Gasteiger partial charge on any atom is 0.255 e. The number of amides is 1. The maximum atomic E-state index is 12.6. The number of morpholine rings is 1.